The minimum absolute atomic E-state index is 0.0661. The highest BCUT2D eigenvalue weighted by molar-refractivity contribution is 7.99. The van der Waals surface area contributed by atoms with Crippen molar-refractivity contribution in [1.29, 1.82) is 0 Å². The van der Waals surface area contributed by atoms with E-state index < -0.39 is 0 Å². The van der Waals surface area contributed by atoms with Crippen molar-refractivity contribution in [2.45, 2.75) is 38.3 Å². The zero-order valence-corrected chi connectivity index (χ0v) is 21.1. The number of carbonyl (C=O) groups excluding carboxylic acids is 1. The number of hydrogen-bond donors (Lipinski definition) is 1. The molecule has 4 aromatic rings. The molecule has 0 aliphatic carbocycles. The van der Waals surface area contributed by atoms with E-state index in [0.717, 1.165) is 22.6 Å². The molecule has 4 rings (SSSR count). The molecule has 0 atom stereocenters. The molecule has 2 aromatic heterocycles. The molecule has 0 aliphatic heterocycles. The average molecular weight is 485 g/mol. The molecule has 2 heterocycles. The zero-order chi connectivity index (χ0) is 24.8. The van der Waals surface area contributed by atoms with Gasteiger partial charge in [0.1, 0.15) is 0 Å². The van der Waals surface area contributed by atoms with Crippen molar-refractivity contribution in [2.75, 3.05) is 5.75 Å². The van der Waals surface area contributed by atoms with E-state index in [0.29, 0.717) is 10.9 Å². The largest absolute Gasteiger partial charge is 0.272 e. The number of aromatic nitrogens is 4. The van der Waals surface area contributed by atoms with Gasteiger partial charge in [-0.15, -0.1) is 10.2 Å². The van der Waals surface area contributed by atoms with Crippen LogP contribution in [0.3, 0.4) is 0 Å². The highest BCUT2D eigenvalue weighted by Gasteiger charge is 2.19. The predicted molar refractivity (Wildman–Crippen MR) is 141 cm³/mol. The van der Waals surface area contributed by atoms with Crippen LogP contribution in [-0.4, -0.2) is 37.6 Å². The molecule has 8 heteroatoms. The van der Waals surface area contributed by atoms with Gasteiger partial charge in [-0.05, 0) is 42.2 Å². The molecule has 0 aliphatic rings. The first-order valence-electron chi connectivity index (χ1n) is 11.3. The maximum atomic E-state index is 12.4. The number of amides is 1. The fourth-order valence-corrected chi connectivity index (χ4v) is 4.13. The summed E-state index contributed by atoms with van der Waals surface area (Å²) in [5.74, 6) is 0.633. The molecule has 0 saturated heterocycles. The molecule has 0 saturated carbocycles. The third kappa shape index (κ3) is 6.22. The summed E-state index contributed by atoms with van der Waals surface area (Å²) < 4.78 is 1.99. The summed E-state index contributed by atoms with van der Waals surface area (Å²) >= 11 is 1.31. The van der Waals surface area contributed by atoms with Gasteiger partial charge >= 0.3 is 0 Å². The molecule has 35 heavy (non-hydrogen) atoms. The molecule has 1 amide bonds. The van der Waals surface area contributed by atoms with E-state index in [2.05, 4.69) is 82.9 Å². The van der Waals surface area contributed by atoms with Gasteiger partial charge in [0.15, 0.2) is 11.0 Å². The monoisotopic (exact) mass is 484 g/mol. The number of nitrogens with one attached hydrogen (secondary N) is 1. The summed E-state index contributed by atoms with van der Waals surface area (Å²) in [6.07, 6.45) is 3.18. The molecule has 7 nitrogen and oxygen atoms in total. The molecule has 0 fully saturated rings. The average Bonchev–Trinajstić information content (AvgIpc) is 3.27. The first-order chi connectivity index (χ1) is 16.8. The Balaban J connectivity index is 1.55. The number of benzene rings is 2. The second-order valence-electron chi connectivity index (χ2n) is 9.14. The highest BCUT2D eigenvalue weighted by Crippen LogP contribution is 2.30. The Kier molecular flexibility index (Phi) is 7.41. The maximum absolute atomic E-state index is 12.4. The van der Waals surface area contributed by atoms with Gasteiger partial charge in [0, 0.05) is 17.4 Å². The number of thioether (sulfide) groups is 1. The van der Waals surface area contributed by atoms with Gasteiger partial charge in [0.25, 0.3) is 5.91 Å². The van der Waals surface area contributed by atoms with Crippen molar-refractivity contribution in [1.82, 2.24) is 25.2 Å². The molecule has 0 radical (unpaired) electrons. The quantitative estimate of drug-likeness (QED) is 0.222. The smallest absolute Gasteiger partial charge is 0.250 e. The lowest BCUT2D eigenvalue weighted by Crippen LogP contribution is -2.20. The number of rotatable bonds is 7. The van der Waals surface area contributed by atoms with Gasteiger partial charge in [-0.1, -0.05) is 80.6 Å². The van der Waals surface area contributed by atoms with Crippen LogP contribution >= 0.6 is 11.8 Å². The third-order valence-electron chi connectivity index (χ3n) is 5.34. The lowest BCUT2D eigenvalue weighted by molar-refractivity contribution is -0.118. The Morgan fingerprint density at radius 1 is 1.03 bits per heavy atom. The molecule has 0 spiro atoms. The first-order valence-corrected chi connectivity index (χ1v) is 12.3. The lowest BCUT2D eigenvalue weighted by atomic mass is 9.87. The maximum Gasteiger partial charge on any atom is 0.250 e. The Labute approximate surface area is 209 Å². The summed E-state index contributed by atoms with van der Waals surface area (Å²) in [5, 5.41) is 13.5. The van der Waals surface area contributed by atoms with E-state index in [-0.39, 0.29) is 17.1 Å². The van der Waals surface area contributed by atoms with E-state index in [4.69, 9.17) is 0 Å². The van der Waals surface area contributed by atoms with E-state index >= 15 is 0 Å². The summed E-state index contributed by atoms with van der Waals surface area (Å²) in [6.45, 7) is 8.62. The normalized spacial score (nSPS) is 11.7. The number of carbonyl (C=O) groups is 1. The van der Waals surface area contributed by atoms with Crippen LogP contribution in [0.1, 0.15) is 37.6 Å². The summed E-state index contributed by atoms with van der Waals surface area (Å²) in [5.41, 5.74) is 7.58. The number of hydrogen-bond acceptors (Lipinski definition) is 6. The van der Waals surface area contributed by atoms with Crippen LogP contribution in [0, 0.1) is 6.92 Å². The van der Waals surface area contributed by atoms with Crippen molar-refractivity contribution >= 4 is 23.9 Å². The van der Waals surface area contributed by atoms with Crippen LogP contribution in [0.4, 0.5) is 0 Å². The molecule has 0 bridgehead atoms. The lowest BCUT2D eigenvalue weighted by Gasteiger charge is -2.19. The Morgan fingerprint density at radius 2 is 1.77 bits per heavy atom. The molecular formula is C27H28N6OS. The minimum Gasteiger partial charge on any atom is -0.272 e. The van der Waals surface area contributed by atoms with Crippen molar-refractivity contribution in [3.63, 3.8) is 0 Å². The van der Waals surface area contributed by atoms with Crippen LogP contribution in [0.25, 0.3) is 17.1 Å². The van der Waals surface area contributed by atoms with Gasteiger partial charge < -0.3 is 0 Å². The summed E-state index contributed by atoms with van der Waals surface area (Å²) in [6, 6.07) is 22.1. The predicted octanol–water partition coefficient (Wildman–Crippen LogP) is 5.18. The summed E-state index contributed by atoms with van der Waals surface area (Å²) in [4.78, 5) is 16.5. The summed E-state index contributed by atoms with van der Waals surface area (Å²) in [7, 11) is 0. The van der Waals surface area contributed by atoms with Crippen molar-refractivity contribution in [2.24, 2.45) is 5.10 Å². The van der Waals surface area contributed by atoms with Crippen LogP contribution in [0.5, 0.6) is 0 Å². The van der Waals surface area contributed by atoms with Crippen LogP contribution in [-0.2, 0) is 10.2 Å². The van der Waals surface area contributed by atoms with Gasteiger partial charge in [-0.25, -0.2) is 5.43 Å². The Morgan fingerprint density at radius 3 is 2.43 bits per heavy atom. The van der Waals surface area contributed by atoms with Crippen LogP contribution < -0.4 is 5.43 Å². The SMILES string of the molecule is Cc1ccc(-n2c(SCC(=O)N/N=C/c3ccccn3)nnc2-c2ccc(C(C)(C)C)cc2)cc1. The Bertz CT molecular complexity index is 1310. The van der Waals surface area contributed by atoms with Crippen LogP contribution in [0.2, 0.25) is 0 Å². The molecule has 2 aromatic carbocycles. The van der Waals surface area contributed by atoms with Gasteiger partial charge in [-0.3, -0.25) is 14.3 Å². The zero-order valence-electron chi connectivity index (χ0n) is 20.3. The van der Waals surface area contributed by atoms with Gasteiger partial charge in [-0.2, -0.15) is 5.10 Å². The van der Waals surface area contributed by atoms with E-state index in [1.54, 1.807) is 6.20 Å². The van der Waals surface area contributed by atoms with Crippen molar-refractivity contribution < 1.29 is 4.79 Å². The topological polar surface area (TPSA) is 85.1 Å². The van der Waals surface area contributed by atoms with Gasteiger partial charge in [0.05, 0.1) is 17.7 Å². The molecular weight excluding hydrogens is 456 g/mol. The van der Waals surface area contributed by atoms with Crippen LogP contribution in [0.15, 0.2) is 83.2 Å². The number of nitrogens with zero attached hydrogens (tertiary/aromatic N) is 5. The molecule has 178 valence electrons. The van der Waals surface area contributed by atoms with Gasteiger partial charge in [0.2, 0.25) is 0 Å². The highest BCUT2D eigenvalue weighted by atomic mass is 32.2. The first kappa shape index (κ1) is 24.3. The fraction of sp³-hybridized carbons (Fsp3) is 0.222. The number of aryl methyl sites for hydroxylation is 1. The third-order valence-corrected chi connectivity index (χ3v) is 6.27. The number of pyridine rings is 1. The second kappa shape index (κ2) is 10.7. The minimum atomic E-state index is -0.239. The molecule has 1 N–H and O–H groups in total. The Hall–Kier alpha value is -3.78. The standard InChI is InChI=1S/C27H28N6OS/c1-19-8-14-23(15-9-19)33-25(20-10-12-21(13-11-20)27(2,3)4)31-32-26(33)35-18-24(34)30-29-17-22-7-5-6-16-28-22/h5-17H,18H2,1-4H3,(H,30,34)/b29-17+. The number of hydrazone groups is 1. The second-order valence-corrected chi connectivity index (χ2v) is 10.1. The van der Waals surface area contributed by atoms with E-state index in [9.17, 15) is 4.79 Å². The van der Waals surface area contributed by atoms with E-state index in [1.165, 1.54) is 23.5 Å². The molecule has 0 unspecified atom stereocenters. The fourth-order valence-electron chi connectivity index (χ4n) is 3.38. The van der Waals surface area contributed by atoms with Crippen molar-refractivity contribution in [3.05, 3.63) is 89.7 Å². The van der Waals surface area contributed by atoms with Crippen molar-refractivity contribution in [3.8, 4) is 17.1 Å². The van der Waals surface area contributed by atoms with E-state index in [1.807, 2.05) is 41.8 Å².